The molecule has 1 aliphatic carbocycles. The van der Waals surface area contributed by atoms with Crippen LogP contribution in [-0.2, 0) is 4.79 Å². The van der Waals surface area contributed by atoms with Gasteiger partial charge in [0.2, 0.25) is 0 Å². The van der Waals surface area contributed by atoms with Crippen molar-refractivity contribution in [2.75, 3.05) is 54.4 Å². The van der Waals surface area contributed by atoms with E-state index in [4.69, 9.17) is 9.52 Å². The molecule has 1 saturated heterocycles. The number of carbonyl (C=O) groups excluding carboxylic acids is 3. The maximum absolute atomic E-state index is 13.2. The molecule has 42 heavy (non-hydrogen) atoms. The van der Waals surface area contributed by atoms with Gasteiger partial charge in [0.25, 0.3) is 11.8 Å². The van der Waals surface area contributed by atoms with E-state index in [1.165, 1.54) is 17.5 Å². The lowest BCUT2D eigenvalue weighted by molar-refractivity contribution is -0.119. The van der Waals surface area contributed by atoms with Gasteiger partial charge in [-0.3, -0.25) is 14.4 Å². The monoisotopic (exact) mass is 573 g/mol. The van der Waals surface area contributed by atoms with Gasteiger partial charge in [-0.2, -0.15) is 0 Å². The summed E-state index contributed by atoms with van der Waals surface area (Å²) in [6.07, 6.45) is 5.13. The SMILES string of the molecule is Cc1ccccc1N1CCN(c2ccc(C(=O)NCCCC(=O)CCCO)cc2NC(=O)c2coc(C3CC3)n2)CC1. The van der Waals surface area contributed by atoms with Gasteiger partial charge in [-0.1, -0.05) is 18.2 Å². The van der Waals surface area contributed by atoms with Gasteiger partial charge < -0.3 is 30.0 Å². The third-order valence-electron chi connectivity index (χ3n) is 7.80. The standard InChI is InChI=1S/C32H39N5O5/c1-22-6-2-3-9-28(22)36-15-17-37(18-16-36)29-13-12-24(30(40)33-14-4-7-25(39)8-5-19-38)20-26(29)34-31(41)27-21-42-32(35-27)23-10-11-23/h2-3,6,9,12-13,20-21,23,38H,4-5,7-8,10-11,14-19H2,1H3,(H,33,40)(H,34,41). The number of anilines is 3. The molecule has 2 aromatic carbocycles. The first-order valence-electron chi connectivity index (χ1n) is 14.8. The molecule has 3 aromatic rings. The summed E-state index contributed by atoms with van der Waals surface area (Å²) in [6.45, 7) is 5.63. The van der Waals surface area contributed by atoms with Gasteiger partial charge in [0, 0.05) is 69.3 Å². The number of aromatic nitrogens is 1. The van der Waals surface area contributed by atoms with Crippen molar-refractivity contribution < 1.29 is 23.9 Å². The average Bonchev–Trinajstić information content (AvgIpc) is 3.74. The summed E-state index contributed by atoms with van der Waals surface area (Å²) in [6, 6.07) is 13.7. The van der Waals surface area contributed by atoms with Crippen LogP contribution >= 0.6 is 0 Å². The number of hydrogen-bond acceptors (Lipinski definition) is 8. The highest BCUT2D eigenvalue weighted by molar-refractivity contribution is 6.06. The third kappa shape index (κ3) is 7.36. The van der Waals surface area contributed by atoms with Crippen molar-refractivity contribution in [2.24, 2.45) is 0 Å². The summed E-state index contributed by atoms with van der Waals surface area (Å²) in [5.74, 6) is 0.304. The zero-order valence-electron chi connectivity index (χ0n) is 24.1. The maximum atomic E-state index is 13.2. The minimum absolute atomic E-state index is 0.00192. The molecule has 1 saturated carbocycles. The number of amides is 2. The molecular weight excluding hydrogens is 534 g/mol. The lowest BCUT2D eigenvalue weighted by Gasteiger charge is -2.38. The number of para-hydroxylation sites is 1. The predicted molar refractivity (Wildman–Crippen MR) is 161 cm³/mol. The Hall–Kier alpha value is -4.18. The first-order chi connectivity index (χ1) is 20.4. The van der Waals surface area contributed by atoms with E-state index in [0.29, 0.717) is 55.3 Å². The second-order valence-electron chi connectivity index (χ2n) is 11.0. The van der Waals surface area contributed by atoms with Gasteiger partial charge in [-0.15, -0.1) is 0 Å². The van der Waals surface area contributed by atoms with Crippen LogP contribution in [0.1, 0.15) is 76.7 Å². The van der Waals surface area contributed by atoms with Crippen molar-refractivity contribution in [2.45, 2.75) is 51.4 Å². The first kappa shape index (κ1) is 29.3. The third-order valence-corrected chi connectivity index (χ3v) is 7.80. The molecule has 2 heterocycles. The van der Waals surface area contributed by atoms with Crippen LogP contribution in [0, 0.1) is 6.92 Å². The number of aryl methyl sites for hydroxylation is 1. The fourth-order valence-electron chi connectivity index (χ4n) is 5.25. The molecule has 2 fully saturated rings. The summed E-state index contributed by atoms with van der Waals surface area (Å²) in [7, 11) is 0. The number of rotatable bonds is 13. The summed E-state index contributed by atoms with van der Waals surface area (Å²) >= 11 is 0. The number of nitrogens with zero attached hydrogens (tertiary/aromatic N) is 3. The second kappa shape index (κ2) is 13.7. The van der Waals surface area contributed by atoms with Gasteiger partial charge in [-0.05, 0) is 62.4 Å². The van der Waals surface area contributed by atoms with E-state index in [1.54, 1.807) is 12.1 Å². The molecule has 0 unspecified atom stereocenters. The van der Waals surface area contributed by atoms with Crippen molar-refractivity contribution in [3.05, 3.63) is 71.4 Å². The van der Waals surface area contributed by atoms with Gasteiger partial charge in [0.15, 0.2) is 11.6 Å². The Morgan fingerprint density at radius 1 is 0.952 bits per heavy atom. The Bertz CT molecular complexity index is 1410. The predicted octanol–water partition coefficient (Wildman–Crippen LogP) is 4.29. The molecule has 0 bridgehead atoms. The van der Waals surface area contributed by atoms with Crippen LogP contribution in [0.5, 0.6) is 0 Å². The zero-order valence-corrected chi connectivity index (χ0v) is 24.1. The van der Waals surface area contributed by atoms with E-state index < -0.39 is 0 Å². The number of Topliss-reactive ketones (excluding diaryl/α,β-unsaturated/α-hetero) is 1. The Balaban J connectivity index is 1.28. The Labute approximate surface area is 246 Å². The molecule has 10 heteroatoms. The highest BCUT2D eigenvalue weighted by Gasteiger charge is 2.30. The topological polar surface area (TPSA) is 128 Å². The summed E-state index contributed by atoms with van der Waals surface area (Å²) < 4.78 is 5.52. The minimum atomic E-state index is -0.385. The van der Waals surface area contributed by atoms with Crippen molar-refractivity contribution >= 4 is 34.7 Å². The van der Waals surface area contributed by atoms with Crippen molar-refractivity contribution in [3.63, 3.8) is 0 Å². The number of hydrogen-bond donors (Lipinski definition) is 3. The number of nitrogens with one attached hydrogen (secondary N) is 2. The molecule has 10 nitrogen and oxygen atoms in total. The van der Waals surface area contributed by atoms with Gasteiger partial charge in [-0.25, -0.2) is 4.98 Å². The van der Waals surface area contributed by atoms with E-state index >= 15 is 0 Å². The Morgan fingerprint density at radius 3 is 2.38 bits per heavy atom. The number of ketones is 1. The number of piperazine rings is 1. The minimum Gasteiger partial charge on any atom is -0.448 e. The highest BCUT2D eigenvalue weighted by Crippen LogP contribution is 2.39. The number of oxazole rings is 1. The van der Waals surface area contributed by atoms with Gasteiger partial charge >= 0.3 is 0 Å². The van der Waals surface area contributed by atoms with E-state index in [-0.39, 0.29) is 29.9 Å². The smallest absolute Gasteiger partial charge is 0.277 e. The average molecular weight is 574 g/mol. The molecule has 3 N–H and O–H groups in total. The molecule has 0 atom stereocenters. The molecule has 222 valence electrons. The molecule has 0 spiro atoms. The number of aliphatic hydroxyl groups is 1. The molecule has 0 radical (unpaired) electrons. The molecular formula is C32H39N5O5. The summed E-state index contributed by atoms with van der Waals surface area (Å²) in [4.78, 5) is 47.0. The van der Waals surface area contributed by atoms with Crippen LogP contribution in [0.4, 0.5) is 17.1 Å². The molecule has 5 rings (SSSR count). The molecule has 1 aliphatic heterocycles. The summed E-state index contributed by atoms with van der Waals surface area (Å²) in [5, 5.41) is 14.7. The van der Waals surface area contributed by atoms with Crippen LogP contribution in [-0.4, -0.2) is 67.0 Å². The molecule has 2 amide bonds. The van der Waals surface area contributed by atoms with Crippen LogP contribution in [0.25, 0.3) is 0 Å². The van der Waals surface area contributed by atoms with E-state index in [1.807, 2.05) is 12.1 Å². The van der Waals surface area contributed by atoms with E-state index in [0.717, 1.165) is 44.7 Å². The largest absolute Gasteiger partial charge is 0.448 e. The number of carbonyl (C=O) groups is 3. The van der Waals surface area contributed by atoms with E-state index in [9.17, 15) is 14.4 Å². The van der Waals surface area contributed by atoms with Gasteiger partial charge in [0.1, 0.15) is 12.0 Å². The second-order valence-corrected chi connectivity index (χ2v) is 11.0. The molecule has 1 aromatic heterocycles. The quantitative estimate of drug-likeness (QED) is 0.259. The van der Waals surface area contributed by atoms with Crippen molar-refractivity contribution in [1.29, 1.82) is 0 Å². The number of aliphatic hydroxyl groups excluding tert-OH is 1. The van der Waals surface area contributed by atoms with Crippen molar-refractivity contribution in [3.8, 4) is 0 Å². The number of benzene rings is 2. The fraction of sp³-hybridized carbons (Fsp3) is 0.438. The van der Waals surface area contributed by atoms with Crippen LogP contribution in [0.3, 0.4) is 0 Å². The maximum Gasteiger partial charge on any atom is 0.277 e. The van der Waals surface area contributed by atoms with Crippen LogP contribution < -0.4 is 20.4 Å². The fourth-order valence-corrected chi connectivity index (χ4v) is 5.25. The van der Waals surface area contributed by atoms with Crippen LogP contribution in [0.2, 0.25) is 0 Å². The van der Waals surface area contributed by atoms with E-state index in [2.05, 4.69) is 50.5 Å². The Kier molecular flexibility index (Phi) is 9.53. The Morgan fingerprint density at radius 2 is 1.67 bits per heavy atom. The first-order valence-corrected chi connectivity index (χ1v) is 14.8. The highest BCUT2D eigenvalue weighted by atomic mass is 16.3. The normalized spacial score (nSPS) is 15.0. The summed E-state index contributed by atoms with van der Waals surface area (Å²) in [5.41, 5.74) is 4.47. The lowest BCUT2D eigenvalue weighted by Crippen LogP contribution is -2.47. The van der Waals surface area contributed by atoms with Crippen LogP contribution in [0.15, 0.2) is 53.1 Å². The molecule has 2 aliphatic rings. The lowest BCUT2D eigenvalue weighted by atomic mass is 10.1. The van der Waals surface area contributed by atoms with Crippen molar-refractivity contribution in [1.82, 2.24) is 10.3 Å². The van der Waals surface area contributed by atoms with Gasteiger partial charge in [0.05, 0.1) is 11.4 Å². The zero-order chi connectivity index (χ0) is 29.5.